The van der Waals surface area contributed by atoms with Gasteiger partial charge in [-0.2, -0.15) is 0 Å². The average molecular weight is 350 g/mol. The molecule has 0 aliphatic heterocycles. The first kappa shape index (κ1) is 21.0. The van der Waals surface area contributed by atoms with Crippen molar-refractivity contribution in [2.45, 2.75) is 45.8 Å². The van der Waals surface area contributed by atoms with Crippen molar-refractivity contribution >= 4 is 12.0 Å². The fourth-order valence-electron chi connectivity index (χ4n) is 2.58. The van der Waals surface area contributed by atoms with Crippen molar-refractivity contribution in [3.05, 3.63) is 35.9 Å². The summed E-state index contributed by atoms with van der Waals surface area (Å²) < 4.78 is 10.4. The molecule has 6 nitrogen and oxygen atoms in total. The van der Waals surface area contributed by atoms with Crippen LogP contribution in [0.2, 0.25) is 0 Å². The Morgan fingerprint density at radius 3 is 2.36 bits per heavy atom. The zero-order chi connectivity index (χ0) is 18.9. The second-order valence-corrected chi connectivity index (χ2v) is 6.50. The lowest BCUT2D eigenvalue weighted by Crippen LogP contribution is -2.50. The number of hydrogen-bond acceptors (Lipinski definition) is 4. The van der Waals surface area contributed by atoms with Crippen LogP contribution in [0.15, 0.2) is 30.3 Å². The Kier molecular flexibility index (Phi) is 8.41. The third-order valence-corrected chi connectivity index (χ3v) is 4.03. The number of benzene rings is 1. The van der Waals surface area contributed by atoms with Crippen LogP contribution in [0.3, 0.4) is 0 Å². The Morgan fingerprint density at radius 1 is 1.20 bits per heavy atom. The van der Waals surface area contributed by atoms with Gasteiger partial charge in [-0.1, -0.05) is 44.2 Å². The van der Waals surface area contributed by atoms with E-state index >= 15 is 0 Å². The maximum Gasteiger partial charge on any atom is 0.407 e. The van der Waals surface area contributed by atoms with Crippen LogP contribution in [-0.4, -0.2) is 38.3 Å². The molecular weight excluding hydrogens is 320 g/mol. The van der Waals surface area contributed by atoms with E-state index in [-0.39, 0.29) is 11.9 Å². The monoisotopic (exact) mass is 350 g/mol. The minimum atomic E-state index is -1.09. The van der Waals surface area contributed by atoms with E-state index in [1.54, 1.807) is 13.8 Å². The number of carbonyl (C=O) groups is 2. The number of methoxy groups -OCH3 is 1. The van der Waals surface area contributed by atoms with Gasteiger partial charge in [0.25, 0.3) is 5.91 Å². The Morgan fingerprint density at radius 2 is 1.84 bits per heavy atom. The summed E-state index contributed by atoms with van der Waals surface area (Å²) in [5, 5.41) is 5.69. The number of nitrogens with one attached hydrogen (secondary N) is 2. The van der Waals surface area contributed by atoms with E-state index in [0.29, 0.717) is 19.1 Å². The van der Waals surface area contributed by atoms with Gasteiger partial charge in [-0.15, -0.1) is 0 Å². The van der Waals surface area contributed by atoms with Gasteiger partial charge in [0.1, 0.15) is 0 Å². The molecule has 0 aliphatic rings. The van der Waals surface area contributed by atoms with Gasteiger partial charge in [-0.3, -0.25) is 4.79 Å². The normalized spacial score (nSPS) is 14.5. The van der Waals surface area contributed by atoms with Crippen molar-refractivity contribution in [2.75, 3.05) is 20.3 Å². The summed E-state index contributed by atoms with van der Waals surface area (Å²) in [5.41, 5.74) is -0.318. The average Bonchev–Trinajstić information content (AvgIpc) is 2.59. The number of alkyl carbamates (subject to hydrolysis) is 1. The van der Waals surface area contributed by atoms with Crippen molar-refractivity contribution < 1.29 is 19.1 Å². The minimum absolute atomic E-state index is 0.208. The van der Waals surface area contributed by atoms with E-state index in [1.807, 2.05) is 30.3 Å². The maximum absolute atomic E-state index is 12.7. The Bertz CT molecular complexity index is 548. The summed E-state index contributed by atoms with van der Waals surface area (Å²) in [6, 6.07) is 9.11. The highest BCUT2D eigenvalue weighted by Gasteiger charge is 2.35. The van der Waals surface area contributed by atoms with Gasteiger partial charge in [0.05, 0.1) is 6.61 Å². The molecule has 2 amide bonds. The third-order valence-electron chi connectivity index (χ3n) is 4.03. The molecule has 2 N–H and O–H groups in total. The molecule has 140 valence electrons. The smallest absolute Gasteiger partial charge is 0.407 e. The van der Waals surface area contributed by atoms with Gasteiger partial charge in [0.2, 0.25) is 0 Å². The fraction of sp³-hybridized carbons (Fsp3) is 0.579. The summed E-state index contributed by atoms with van der Waals surface area (Å²) in [4.78, 5) is 24.4. The molecular formula is C19H30N2O4. The SMILES string of the molecule is CCOC(=O)NC(CNC(=O)C(C)(OC)c1ccccc1)CC(C)C. The van der Waals surface area contributed by atoms with E-state index < -0.39 is 11.7 Å². The van der Waals surface area contributed by atoms with E-state index in [2.05, 4.69) is 24.5 Å². The van der Waals surface area contributed by atoms with Crippen LogP contribution in [0.1, 0.15) is 39.7 Å². The van der Waals surface area contributed by atoms with Crippen LogP contribution in [-0.2, 0) is 19.9 Å². The van der Waals surface area contributed by atoms with Crippen molar-refractivity contribution in [3.63, 3.8) is 0 Å². The standard InChI is InChI=1S/C19H30N2O4/c1-6-25-18(23)21-16(12-14(2)3)13-20-17(22)19(4,24-5)15-10-8-7-9-11-15/h7-11,14,16H,6,12-13H2,1-5H3,(H,20,22)(H,21,23). The molecule has 0 spiro atoms. The van der Waals surface area contributed by atoms with E-state index in [4.69, 9.17) is 9.47 Å². The molecule has 0 bridgehead atoms. The first-order valence-electron chi connectivity index (χ1n) is 8.65. The molecule has 1 aromatic rings. The van der Waals surface area contributed by atoms with E-state index in [9.17, 15) is 9.59 Å². The van der Waals surface area contributed by atoms with Crippen LogP contribution in [0, 0.1) is 5.92 Å². The molecule has 2 atom stereocenters. The van der Waals surface area contributed by atoms with Crippen molar-refractivity contribution in [1.82, 2.24) is 10.6 Å². The quantitative estimate of drug-likeness (QED) is 0.718. The van der Waals surface area contributed by atoms with Gasteiger partial charge in [-0.05, 0) is 31.7 Å². The van der Waals surface area contributed by atoms with E-state index in [1.165, 1.54) is 7.11 Å². The van der Waals surface area contributed by atoms with Crippen molar-refractivity contribution in [1.29, 1.82) is 0 Å². The van der Waals surface area contributed by atoms with Gasteiger partial charge in [0.15, 0.2) is 5.60 Å². The van der Waals surface area contributed by atoms with Crippen LogP contribution in [0.4, 0.5) is 4.79 Å². The van der Waals surface area contributed by atoms with Crippen molar-refractivity contribution in [3.8, 4) is 0 Å². The molecule has 0 aliphatic carbocycles. The second kappa shape index (κ2) is 10.0. The highest BCUT2D eigenvalue weighted by Crippen LogP contribution is 2.24. The number of amides is 2. The summed E-state index contributed by atoms with van der Waals surface area (Å²) in [7, 11) is 1.51. The number of ether oxygens (including phenoxy) is 2. The number of rotatable bonds is 9. The van der Waals surface area contributed by atoms with Gasteiger partial charge < -0.3 is 20.1 Å². The number of hydrogen-bond donors (Lipinski definition) is 2. The summed E-state index contributed by atoms with van der Waals surface area (Å²) in [6.45, 7) is 8.22. The highest BCUT2D eigenvalue weighted by atomic mass is 16.5. The molecule has 0 saturated heterocycles. The predicted molar refractivity (Wildman–Crippen MR) is 97.2 cm³/mol. The molecule has 0 fully saturated rings. The molecule has 1 rings (SSSR count). The molecule has 2 unspecified atom stereocenters. The lowest BCUT2D eigenvalue weighted by molar-refractivity contribution is -0.142. The molecule has 0 aromatic heterocycles. The van der Waals surface area contributed by atoms with Crippen LogP contribution in [0.25, 0.3) is 0 Å². The summed E-state index contributed by atoms with van der Waals surface area (Å²) in [6.07, 6.45) is 0.258. The van der Waals surface area contributed by atoms with Gasteiger partial charge in [0, 0.05) is 19.7 Å². The van der Waals surface area contributed by atoms with Crippen LogP contribution < -0.4 is 10.6 Å². The second-order valence-electron chi connectivity index (χ2n) is 6.50. The van der Waals surface area contributed by atoms with Crippen LogP contribution in [0.5, 0.6) is 0 Å². The molecule has 25 heavy (non-hydrogen) atoms. The predicted octanol–water partition coefficient (Wildman–Crippen LogP) is 2.83. The molecule has 6 heteroatoms. The molecule has 0 radical (unpaired) electrons. The lowest BCUT2D eigenvalue weighted by atomic mass is 9.94. The molecule has 0 heterocycles. The molecule has 1 aromatic carbocycles. The summed E-state index contributed by atoms with van der Waals surface area (Å²) >= 11 is 0. The first-order valence-corrected chi connectivity index (χ1v) is 8.65. The third kappa shape index (κ3) is 6.38. The Hall–Kier alpha value is -2.08. The first-order chi connectivity index (χ1) is 11.8. The maximum atomic E-state index is 12.7. The zero-order valence-electron chi connectivity index (χ0n) is 15.8. The van der Waals surface area contributed by atoms with E-state index in [0.717, 1.165) is 12.0 Å². The minimum Gasteiger partial charge on any atom is -0.450 e. The topological polar surface area (TPSA) is 76.7 Å². The fourth-order valence-corrected chi connectivity index (χ4v) is 2.58. The van der Waals surface area contributed by atoms with Gasteiger partial charge >= 0.3 is 6.09 Å². The Balaban J connectivity index is 2.75. The number of carbonyl (C=O) groups excluding carboxylic acids is 2. The Labute approximate surface area is 150 Å². The van der Waals surface area contributed by atoms with Crippen molar-refractivity contribution in [2.24, 2.45) is 5.92 Å². The highest BCUT2D eigenvalue weighted by molar-refractivity contribution is 5.86. The van der Waals surface area contributed by atoms with Crippen LogP contribution >= 0.6 is 0 Å². The lowest BCUT2D eigenvalue weighted by Gasteiger charge is -2.29. The summed E-state index contributed by atoms with van der Waals surface area (Å²) in [5.74, 6) is 0.118. The molecule has 0 saturated carbocycles. The zero-order valence-corrected chi connectivity index (χ0v) is 15.8. The van der Waals surface area contributed by atoms with Gasteiger partial charge in [-0.25, -0.2) is 4.79 Å². The largest absolute Gasteiger partial charge is 0.450 e.